The van der Waals surface area contributed by atoms with E-state index in [9.17, 15) is 29.1 Å². The van der Waals surface area contributed by atoms with Crippen molar-refractivity contribution in [1.82, 2.24) is 0 Å². The fourth-order valence-corrected chi connectivity index (χ4v) is 7.29. The van der Waals surface area contributed by atoms with Gasteiger partial charge in [-0.2, -0.15) is 0 Å². The molecule has 1 N–H and O–H groups in total. The summed E-state index contributed by atoms with van der Waals surface area (Å²) < 4.78 is 0. The molecule has 4 amide bonds. The standard InChI is InChI=1S/C25H20N2O6/c28-21-17-10-1-2-11(5-10)18(17)22(29)26(21)15-7-14(25(32)33)8-16(9-15)27-23(30)19-12-3-4-13(6-12)20(19)24(27)31/h1-4,7-13,17-20H,5-6H2,(H,32,33). The molecule has 4 fully saturated rings. The summed E-state index contributed by atoms with van der Waals surface area (Å²) in [6, 6.07) is 3.98. The summed E-state index contributed by atoms with van der Waals surface area (Å²) in [5.74, 6) is -4.26. The number of carbonyl (C=O) groups is 5. The lowest BCUT2D eigenvalue weighted by Gasteiger charge is -2.22. The number of nitrogens with zero attached hydrogens (tertiary/aromatic N) is 2. The monoisotopic (exact) mass is 444 g/mol. The van der Waals surface area contributed by atoms with Crippen LogP contribution in [0, 0.1) is 47.3 Å². The predicted octanol–water partition coefficient (Wildman–Crippen LogP) is 2.01. The van der Waals surface area contributed by atoms with Crippen molar-refractivity contribution in [2.75, 3.05) is 9.80 Å². The van der Waals surface area contributed by atoms with Gasteiger partial charge in [-0.05, 0) is 54.7 Å². The maximum Gasteiger partial charge on any atom is 0.335 e. The number of amides is 4. The fraction of sp³-hybridized carbons (Fsp3) is 0.400. The highest BCUT2D eigenvalue weighted by Crippen LogP contribution is 2.55. The number of benzene rings is 1. The number of rotatable bonds is 3. The van der Waals surface area contributed by atoms with Gasteiger partial charge in [0.25, 0.3) is 0 Å². The van der Waals surface area contributed by atoms with Gasteiger partial charge in [-0.3, -0.25) is 19.2 Å². The predicted molar refractivity (Wildman–Crippen MR) is 114 cm³/mol. The van der Waals surface area contributed by atoms with Crippen LogP contribution in [0.2, 0.25) is 0 Å². The molecule has 8 atom stereocenters. The second kappa shape index (κ2) is 6.07. The van der Waals surface area contributed by atoms with Crippen molar-refractivity contribution in [2.24, 2.45) is 47.3 Å². The lowest BCUT2D eigenvalue weighted by atomic mass is 9.85. The highest BCUT2D eigenvalue weighted by atomic mass is 16.4. The Morgan fingerprint density at radius 2 is 0.970 bits per heavy atom. The number of imide groups is 2. The van der Waals surface area contributed by atoms with Crippen LogP contribution >= 0.6 is 0 Å². The number of anilines is 2. The van der Waals surface area contributed by atoms with Gasteiger partial charge in [0.05, 0.1) is 40.6 Å². The lowest BCUT2D eigenvalue weighted by molar-refractivity contribution is -0.124. The molecular formula is C25H20N2O6. The lowest BCUT2D eigenvalue weighted by Crippen LogP contribution is -2.35. The van der Waals surface area contributed by atoms with Gasteiger partial charge in [0.1, 0.15) is 0 Å². The highest BCUT2D eigenvalue weighted by Gasteiger charge is 2.61. The zero-order valence-corrected chi connectivity index (χ0v) is 17.5. The van der Waals surface area contributed by atoms with E-state index in [1.807, 2.05) is 24.3 Å². The number of aromatic carboxylic acids is 1. The molecule has 0 aromatic heterocycles. The first kappa shape index (κ1) is 19.0. The molecule has 1 aromatic rings. The van der Waals surface area contributed by atoms with E-state index in [0.717, 1.165) is 22.6 Å². The second-order valence-electron chi connectivity index (χ2n) is 10.1. The van der Waals surface area contributed by atoms with E-state index in [2.05, 4.69) is 0 Å². The van der Waals surface area contributed by atoms with Crippen LogP contribution in [0.4, 0.5) is 11.4 Å². The van der Waals surface area contributed by atoms with Crippen molar-refractivity contribution < 1.29 is 29.1 Å². The van der Waals surface area contributed by atoms with Crippen molar-refractivity contribution in [3.05, 3.63) is 48.1 Å². The SMILES string of the molecule is O=C(O)c1cc(N2C(=O)C3C4C=CC(C4)C3C2=O)cc(N2C(=O)C3C4C=CC(C4)C3C2=O)c1. The van der Waals surface area contributed by atoms with E-state index >= 15 is 0 Å². The molecule has 2 saturated heterocycles. The zero-order chi connectivity index (χ0) is 22.8. The molecule has 4 aliphatic carbocycles. The molecule has 6 aliphatic rings. The largest absolute Gasteiger partial charge is 0.478 e. The molecule has 8 nitrogen and oxygen atoms in total. The van der Waals surface area contributed by atoms with Crippen LogP contribution in [0.5, 0.6) is 0 Å². The van der Waals surface area contributed by atoms with E-state index in [4.69, 9.17) is 0 Å². The van der Waals surface area contributed by atoms with E-state index in [0.29, 0.717) is 0 Å². The summed E-state index contributed by atoms with van der Waals surface area (Å²) in [5.41, 5.74) is 0.0277. The third-order valence-electron chi connectivity index (χ3n) is 8.61. The van der Waals surface area contributed by atoms with E-state index in [1.165, 1.54) is 18.2 Å². The Hall–Kier alpha value is -3.55. The molecule has 166 valence electrons. The highest BCUT2D eigenvalue weighted by molar-refractivity contribution is 6.25. The van der Waals surface area contributed by atoms with Crippen LogP contribution in [0.15, 0.2) is 42.5 Å². The Morgan fingerprint density at radius 1 is 0.636 bits per heavy atom. The van der Waals surface area contributed by atoms with E-state index in [1.54, 1.807) is 0 Å². The first-order valence-electron chi connectivity index (χ1n) is 11.4. The molecule has 8 unspecified atom stereocenters. The van der Waals surface area contributed by atoms with Crippen LogP contribution in [0.25, 0.3) is 0 Å². The second-order valence-corrected chi connectivity index (χ2v) is 10.1. The molecule has 2 heterocycles. The van der Waals surface area contributed by atoms with Gasteiger partial charge < -0.3 is 5.11 Å². The van der Waals surface area contributed by atoms with E-state index in [-0.39, 0.29) is 64.2 Å². The van der Waals surface area contributed by atoms with Crippen molar-refractivity contribution in [3.8, 4) is 0 Å². The van der Waals surface area contributed by atoms with Gasteiger partial charge in [0.15, 0.2) is 0 Å². The van der Waals surface area contributed by atoms with Crippen molar-refractivity contribution >= 4 is 41.0 Å². The Labute approximate surface area is 188 Å². The van der Waals surface area contributed by atoms with Crippen molar-refractivity contribution in [3.63, 3.8) is 0 Å². The Bertz CT molecular complexity index is 1120. The van der Waals surface area contributed by atoms with Gasteiger partial charge in [-0.25, -0.2) is 14.6 Å². The third-order valence-corrected chi connectivity index (χ3v) is 8.61. The molecule has 8 heteroatoms. The summed E-state index contributed by atoms with van der Waals surface area (Å²) in [4.78, 5) is 67.0. The van der Waals surface area contributed by atoms with Gasteiger partial charge in [-0.1, -0.05) is 24.3 Å². The third kappa shape index (κ3) is 2.23. The Balaban J connectivity index is 1.30. The Morgan fingerprint density at radius 3 is 1.27 bits per heavy atom. The molecular weight excluding hydrogens is 424 g/mol. The smallest absolute Gasteiger partial charge is 0.335 e. The number of fused-ring (bicyclic) bond motifs is 10. The van der Waals surface area contributed by atoms with Crippen molar-refractivity contribution in [1.29, 1.82) is 0 Å². The molecule has 7 rings (SSSR count). The number of carbonyl (C=O) groups excluding carboxylic acids is 4. The van der Waals surface area contributed by atoms with Crippen LogP contribution in [-0.2, 0) is 19.2 Å². The van der Waals surface area contributed by atoms with Gasteiger partial charge >= 0.3 is 5.97 Å². The zero-order valence-electron chi connectivity index (χ0n) is 17.5. The molecule has 0 radical (unpaired) electrons. The van der Waals surface area contributed by atoms with Gasteiger partial charge in [0.2, 0.25) is 23.6 Å². The van der Waals surface area contributed by atoms with Crippen LogP contribution < -0.4 is 9.80 Å². The normalized spacial score (nSPS) is 39.4. The van der Waals surface area contributed by atoms with Crippen LogP contribution in [0.1, 0.15) is 23.2 Å². The van der Waals surface area contributed by atoms with Crippen LogP contribution in [0.3, 0.4) is 0 Å². The quantitative estimate of drug-likeness (QED) is 0.564. The van der Waals surface area contributed by atoms with Gasteiger partial charge in [0, 0.05) is 0 Å². The summed E-state index contributed by atoms with van der Waals surface area (Å²) in [6.45, 7) is 0. The minimum absolute atomic E-state index is 0.0210. The van der Waals surface area contributed by atoms with E-state index < -0.39 is 29.6 Å². The fourth-order valence-electron chi connectivity index (χ4n) is 7.29. The summed E-state index contributed by atoms with van der Waals surface area (Å²) in [6.07, 6.45) is 9.53. The minimum Gasteiger partial charge on any atom is -0.478 e. The maximum atomic E-state index is 13.3. The molecule has 2 saturated carbocycles. The molecule has 4 bridgehead atoms. The average molecular weight is 444 g/mol. The van der Waals surface area contributed by atoms with Crippen molar-refractivity contribution in [2.45, 2.75) is 12.8 Å². The number of hydrogen-bond acceptors (Lipinski definition) is 5. The average Bonchev–Trinajstić information content (AvgIpc) is 3.61. The molecule has 2 aliphatic heterocycles. The summed E-state index contributed by atoms with van der Waals surface area (Å²) in [7, 11) is 0. The first-order valence-corrected chi connectivity index (χ1v) is 11.4. The number of allylic oxidation sites excluding steroid dienone is 4. The molecule has 33 heavy (non-hydrogen) atoms. The van der Waals surface area contributed by atoms with Crippen LogP contribution in [-0.4, -0.2) is 34.7 Å². The summed E-state index contributed by atoms with van der Waals surface area (Å²) >= 11 is 0. The molecule has 1 aromatic carbocycles. The van der Waals surface area contributed by atoms with Gasteiger partial charge in [-0.15, -0.1) is 0 Å². The Kier molecular flexibility index (Phi) is 3.49. The number of hydrogen-bond donors (Lipinski definition) is 1. The maximum absolute atomic E-state index is 13.3. The molecule has 0 spiro atoms. The number of carboxylic acid groups (broad SMARTS) is 1. The topological polar surface area (TPSA) is 112 Å². The first-order chi connectivity index (χ1) is 15.8. The minimum atomic E-state index is -1.26. The summed E-state index contributed by atoms with van der Waals surface area (Å²) in [5, 5.41) is 9.70. The number of carboxylic acids is 1.